The first kappa shape index (κ1) is 10.2. The Morgan fingerprint density at radius 1 is 1.33 bits per heavy atom. The van der Waals surface area contributed by atoms with Crippen LogP contribution >= 0.6 is 15.9 Å². The standard InChI is InChI=1S/C11H11BrN2O/c1-8-5-3-4-6-9(8)14-10(12)7-13-11(14)15-2/h3-7H,1-2H3. The molecule has 3 nitrogen and oxygen atoms in total. The van der Waals surface area contributed by atoms with E-state index in [0.29, 0.717) is 6.01 Å². The van der Waals surface area contributed by atoms with Crippen molar-refractivity contribution in [2.45, 2.75) is 6.92 Å². The SMILES string of the molecule is COc1ncc(Br)n1-c1ccccc1C. The molecule has 0 radical (unpaired) electrons. The van der Waals surface area contributed by atoms with Crippen molar-refractivity contribution in [3.63, 3.8) is 0 Å². The van der Waals surface area contributed by atoms with Gasteiger partial charge in [0.25, 0.3) is 0 Å². The molecule has 0 bridgehead atoms. The minimum Gasteiger partial charge on any atom is -0.468 e. The normalized spacial score (nSPS) is 10.3. The Balaban J connectivity index is 2.63. The minimum atomic E-state index is 0.580. The molecule has 0 aliphatic carbocycles. The average Bonchev–Trinajstić information content (AvgIpc) is 2.60. The average molecular weight is 267 g/mol. The Bertz CT molecular complexity index is 479. The number of para-hydroxylation sites is 1. The Hall–Kier alpha value is -1.29. The number of aryl methyl sites for hydroxylation is 1. The van der Waals surface area contributed by atoms with Crippen LogP contribution in [-0.4, -0.2) is 16.7 Å². The van der Waals surface area contributed by atoms with E-state index in [1.54, 1.807) is 13.3 Å². The van der Waals surface area contributed by atoms with Crippen LogP contribution in [0.1, 0.15) is 5.56 Å². The molecule has 0 spiro atoms. The number of benzene rings is 1. The van der Waals surface area contributed by atoms with Crippen molar-refractivity contribution >= 4 is 15.9 Å². The van der Waals surface area contributed by atoms with Gasteiger partial charge in [0.2, 0.25) is 0 Å². The van der Waals surface area contributed by atoms with Crippen molar-refractivity contribution < 1.29 is 4.74 Å². The van der Waals surface area contributed by atoms with Crippen LogP contribution in [0, 0.1) is 6.92 Å². The highest BCUT2D eigenvalue weighted by Gasteiger charge is 2.11. The van der Waals surface area contributed by atoms with E-state index in [4.69, 9.17) is 4.74 Å². The van der Waals surface area contributed by atoms with Crippen LogP contribution in [0.2, 0.25) is 0 Å². The molecule has 1 aromatic carbocycles. The summed E-state index contributed by atoms with van der Waals surface area (Å²) < 4.78 is 8.01. The summed E-state index contributed by atoms with van der Waals surface area (Å²) >= 11 is 3.45. The second kappa shape index (κ2) is 4.06. The van der Waals surface area contributed by atoms with Crippen molar-refractivity contribution in [2.75, 3.05) is 7.11 Å². The molecule has 78 valence electrons. The van der Waals surface area contributed by atoms with Crippen molar-refractivity contribution in [1.29, 1.82) is 0 Å². The maximum absolute atomic E-state index is 5.20. The van der Waals surface area contributed by atoms with E-state index < -0.39 is 0 Å². The summed E-state index contributed by atoms with van der Waals surface area (Å²) in [5.41, 5.74) is 2.24. The monoisotopic (exact) mass is 266 g/mol. The van der Waals surface area contributed by atoms with E-state index in [0.717, 1.165) is 10.3 Å². The van der Waals surface area contributed by atoms with Gasteiger partial charge in [-0.1, -0.05) is 18.2 Å². The van der Waals surface area contributed by atoms with E-state index in [2.05, 4.69) is 33.9 Å². The number of halogens is 1. The Kier molecular flexibility index (Phi) is 2.77. The molecule has 0 amide bonds. The lowest BCUT2D eigenvalue weighted by molar-refractivity contribution is 0.373. The fourth-order valence-corrected chi connectivity index (χ4v) is 1.94. The fraction of sp³-hybridized carbons (Fsp3) is 0.182. The summed E-state index contributed by atoms with van der Waals surface area (Å²) in [7, 11) is 1.61. The summed E-state index contributed by atoms with van der Waals surface area (Å²) in [5, 5.41) is 0. The van der Waals surface area contributed by atoms with Crippen LogP contribution in [0.3, 0.4) is 0 Å². The van der Waals surface area contributed by atoms with Crippen LogP contribution in [0.5, 0.6) is 6.01 Å². The molecule has 0 fully saturated rings. The minimum absolute atomic E-state index is 0.580. The zero-order chi connectivity index (χ0) is 10.8. The van der Waals surface area contributed by atoms with Crippen molar-refractivity contribution in [2.24, 2.45) is 0 Å². The summed E-state index contributed by atoms with van der Waals surface area (Å²) in [6.07, 6.45) is 1.73. The van der Waals surface area contributed by atoms with Crippen LogP contribution in [0.25, 0.3) is 5.69 Å². The first-order valence-corrected chi connectivity index (χ1v) is 5.36. The first-order chi connectivity index (χ1) is 7.24. The molecule has 0 N–H and O–H groups in total. The smallest absolute Gasteiger partial charge is 0.301 e. The number of aromatic nitrogens is 2. The number of methoxy groups -OCH3 is 1. The maximum Gasteiger partial charge on any atom is 0.301 e. The van der Waals surface area contributed by atoms with Crippen LogP contribution in [-0.2, 0) is 0 Å². The molecule has 4 heteroatoms. The van der Waals surface area contributed by atoms with Gasteiger partial charge in [-0.2, -0.15) is 0 Å². The topological polar surface area (TPSA) is 27.1 Å². The number of hydrogen-bond acceptors (Lipinski definition) is 2. The van der Waals surface area contributed by atoms with Crippen molar-refractivity contribution in [3.8, 4) is 11.7 Å². The first-order valence-electron chi connectivity index (χ1n) is 4.57. The number of imidazole rings is 1. The lowest BCUT2D eigenvalue weighted by Gasteiger charge is -2.10. The van der Waals surface area contributed by atoms with E-state index in [-0.39, 0.29) is 0 Å². The second-order valence-electron chi connectivity index (χ2n) is 3.19. The van der Waals surface area contributed by atoms with Crippen molar-refractivity contribution in [3.05, 3.63) is 40.6 Å². The zero-order valence-electron chi connectivity index (χ0n) is 8.57. The van der Waals surface area contributed by atoms with E-state index in [9.17, 15) is 0 Å². The number of nitrogens with zero attached hydrogens (tertiary/aromatic N) is 2. The summed E-state index contributed by atoms with van der Waals surface area (Å²) in [5.74, 6) is 0. The van der Waals surface area contributed by atoms with Gasteiger partial charge in [-0.05, 0) is 34.5 Å². The molecule has 0 aliphatic heterocycles. The molecule has 15 heavy (non-hydrogen) atoms. The molecule has 1 heterocycles. The predicted molar refractivity (Wildman–Crippen MR) is 62.6 cm³/mol. The maximum atomic E-state index is 5.20. The highest BCUT2D eigenvalue weighted by molar-refractivity contribution is 9.10. The van der Waals surface area contributed by atoms with Crippen LogP contribution < -0.4 is 4.74 Å². The molecule has 0 aliphatic rings. The van der Waals surface area contributed by atoms with Crippen molar-refractivity contribution in [1.82, 2.24) is 9.55 Å². The summed E-state index contributed by atoms with van der Waals surface area (Å²) in [6, 6.07) is 8.67. The highest BCUT2D eigenvalue weighted by Crippen LogP contribution is 2.25. The highest BCUT2D eigenvalue weighted by atomic mass is 79.9. The molecule has 0 atom stereocenters. The fourth-order valence-electron chi connectivity index (χ4n) is 1.49. The predicted octanol–water partition coefficient (Wildman–Crippen LogP) is 2.95. The summed E-state index contributed by atoms with van der Waals surface area (Å²) in [6.45, 7) is 2.06. The third-order valence-corrected chi connectivity index (χ3v) is 2.78. The number of ether oxygens (including phenoxy) is 1. The Labute approximate surface area is 96.8 Å². The van der Waals surface area contributed by atoms with E-state index in [1.807, 2.05) is 22.8 Å². The molecule has 2 rings (SSSR count). The van der Waals surface area contributed by atoms with E-state index >= 15 is 0 Å². The molecular formula is C11H11BrN2O. The van der Waals surface area contributed by atoms with Gasteiger partial charge in [-0.3, -0.25) is 4.57 Å². The summed E-state index contributed by atoms with van der Waals surface area (Å²) in [4.78, 5) is 4.15. The third-order valence-electron chi connectivity index (χ3n) is 2.23. The number of rotatable bonds is 2. The Morgan fingerprint density at radius 3 is 2.73 bits per heavy atom. The molecule has 0 saturated heterocycles. The Morgan fingerprint density at radius 2 is 2.07 bits per heavy atom. The van der Waals surface area contributed by atoms with Gasteiger partial charge in [-0.25, -0.2) is 4.98 Å². The zero-order valence-corrected chi connectivity index (χ0v) is 10.2. The molecular weight excluding hydrogens is 256 g/mol. The molecule has 2 aromatic rings. The number of hydrogen-bond donors (Lipinski definition) is 0. The third kappa shape index (κ3) is 1.77. The lowest BCUT2D eigenvalue weighted by Crippen LogP contribution is -2.00. The van der Waals surface area contributed by atoms with Crippen LogP contribution in [0.15, 0.2) is 35.1 Å². The van der Waals surface area contributed by atoms with Gasteiger partial charge in [0, 0.05) is 0 Å². The molecule has 0 saturated carbocycles. The van der Waals surface area contributed by atoms with Gasteiger partial charge in [-0.15, -0.1) is 0 Å². The van der Waals surface area contributed by atoms with E-state index in [1.165, 1.54) is 5.56 Å². The lowest BCUT2D eigenvalue weighted by atomic mass is 10.2. The quantitative estimate of drug-likeness (QED) is 0.836. The second-order valence-corrected chi connectivity index (χ2v) is 4.00. The molecule has 0 unspecified atom stereocenters. The van der Waals surface area contributed by atoms with Gasteiger partial charge < -0.3 is 4.74 Å². The van der Waals surface area contributed by atoms with Gasteiger partial charge >= 0.3 is 6.01 Å². The van der Waals surface area contributed by atoms with Gasteiger partial charge in [0.1, 0.15) is 4.60 Å². The van der Waals surface area contributed by atoms with Gasteiger partial charge in [0.05, 0.1) is 19.0 Å². The van der Waals surface area contributed by atoms with Crippen LogP contribution in [0.4, 0.5) is 0 Å². The largest absolute Gasteiger partial charge is 0.468 e. The molecule has 1 aromatic heterocycles. The van der Waals surface area contributed by atoms with Gasteiger partial charge in [0.15, 0.2) is 0 Å².